The molecule has 7 nitrogen and oxygen atoms in total. The minimum absolute atomic E-state index is 0.00968. The number of hydrogen-bond donors (Lipinski definition) is 2. The monoisotopic (exact) mass is 390 g/mol. The highest BCUT2D eigenvalue weighted by Gasteiger charge is 2.53. The third kappa shape index (κ3) is 4.09. The zero-order chi connectivity index (χ0) is 20.5. The van der Waals surface area contributed by atoms with Crippen molar-refractivity contribution in [2.45, 2.75) is 83.9 Å². The number of nitrogens with one attached hydrogen (secondary N) is 1. The lowest BCUT2D eigenvalue weighted by Gasteiger charge is -2.37. The molecule has 28 heavy (non-hydrogen) atoms. The Morgan fingerprint density at radius 3 is 2.71 bits per heavy atom. The average molecular weight is 391 g/mol. The molecule has 1 aliphatic heterocycles. The number of likely N-dealkylation sites (tertiary alicyclic amines) is 1. The molecule has 0 spiro atoms. The van der Waals surface area contributed by atoms with Gasteiger partial charge in [-0.15, -0.1) is 0 Å². The minimum Gasteiger partial charge on any atom is -0.392 e. The van der Waals surface area contributed by atoms with Gasteiger partial charge in [0.15, 0.2) is 0 Å². The van der Waals surface area contributed by atoms with E-state index in [9.17, 15) is 14.7 Å². The molecular formula is C21H34N4O3. The van der Waals surface area contributed by atoms with Crippen LogP contribution in [-0.2, 0) is 23.1 Å². The average Bonchev–Trinajstić information content (AvgIpc) is 3.06. The molecule has 2 amide bonds. The molecule has 2 N–H and O–H groups in total. The van der Waals surface area contributed by atoms with Crippen molar-refractivity contribution in [3.8, 4) is 0 Å². The van der Waals surface area contributed by atoms with E-state index in [2.05, 4.69) is 17.3 Å². The van der Waals surface area contributed by atoms with Crippen LogP contribution in [0.3, 0.4) is 0 Å². The molecule has 3 rings (SSSR count). The summed E-state index contributed by atoms with van der Waals surface area (Å²) in [5.74, 6) is 0.0256. The maximum absolute atomic E-state index is 12.4. The van der Waals surface area contributed by atoms with Crippen molar-refractivity contribution in [3.05, 3.63) is 17.5 Å². The van der Waals surface area contributed by atoms with Crippen LogP contribution in [0.5, 0.6) is 0 Å². The molecule has 0 aromatic carbocycles. The predicted molar refractivity (Wildman–Crippen MR) is 107 cm³/mol. The molecule has 0 radical (unpaired) electrons. The first-order chi connectivity index (χ1) is 13.2. The van der Waals surface area contributed by atoms with Crippen LogP contribution in [0.15, 0.2) is 6.20 Å². The van der Waals surface area contributed by atoms with Crippen molar-refractivity contribution in [3.63, 3.8) is 0 Å². The number of hydrogen-bond acceptors (Lipinski definition) is 4. The van der Waals surface area contributed by atoms with Crippen molar-refractivity contribution in [1.82, 2.24) is 20.0 Å². The van der Waals surface area contributed by atoms with E-state index in [1.54, 1.807) is 11.6 Å². The smallest absolute Gasteiger partial charge is 0.220 e. The molecule has 1 saturated carbocycles. The summed E-state index contributed by atoms with van der Waals surface area (Å²) in [7, 11) is 1.88. The first-order valence-corrected chi connectivity index (χ1v) is 10.4. The standard InChI is InChI=1S/C21H34N4O3/c1-14-16(13-24(4)23-14)9-10-20(28)22-12-17-11-21(3)18(25(17)15(2)26)7-5-6-8-19(21)27/h13,17-19,27H,5-12H2,1-4H3,(H,22,28)/t17-,18-,19+,21-/m1/s1. The van der Waals surface area contributed by atoms with Crippen LogP contribution >= 0.6 is 0 Å². The zero-order valence-electron chi connectivity index (χ0n) is 17.6. The van der Waals surface area contributed by atoms with E-state index >= 15 is 0 Å². The van der Waals surface area contributed by atoms with Gasteiger partial charge in [-0.2, -0.15) is 5.10 Å². The highest BCUT2D eigenvalue weighted by atomic mass is 16.3. The fourth-order valence-corrected chi connectivity index (χ4v) is 5.26. The number of carbonyl (C=O) groups is 2. The maximum Gasteiger partial charge on any atom is 0.220 e. The van der Waals surface area contributed by atoms with Gasteiger partial charge in [0, 0.05) is 44.6 Å². The highest BCUT2D eigenvalue weighted by molar-refractivity contribution is 5.77. The molecule has 4 atom stereocenters. The van der Waals surface area contributed by atoms with E-state index in [1.165, 1.54) is 0 Å². The van der Waals surface area contributed by atoms with E-state index in [0.717, 1.165) is 43.4 Å². The molecule has 1 aliphatic carbocycles. The molecule has 2 fully saturated rings. The number of aromatic nitrogens is 2. The van der Waals surface area contributed by atoms with Crippen molar-refractivity contribution < 1.29 is 14.7 Å². The largest absolute Gasteiger partial charge is 0.392 e. The fraction of sp³-hybridized carbons (Fsp3) is 0.762. The van der Waals surface area contributed by atoms with Gasteiger partial charge in [-0.1, -0.05) is 19.8 Å². The number of nitrogens with zero attached hydrogens (tertiary/aromatic N) is 3. The lowest BCUT2D eigenvalue weighted by Crippen LogP contribution is -2.48. The van der Waals surface area contributed by atoms with Crippen molar-refractivity contribution in [2.24, 2.45) is 12.5 Å². The Morgan fingerprint density at radius 1 is 1.36 bits per heavy atom. The topological polar surface area (TPSA) is 87.5 Å². The summed E-state index contributed by atoms with van der Waals surface area (Å²) >= 11 is 0. The van der Waals surface area contributed by atoms with Gasteiger partial charge in [-0.3, -0.25) is 14.3 Å². The molecule has 2 aliphatic rings. The molecule has 1 saturated heterocycles. The third-order valence-electron chi connectivity index (χ3n) is 6.77. The second kappa shape index (κ2) is 8.23. The molecule has 0 unspecified atom stereocenters. The van der Waals surface area contributed by atoms with Crippen LogP contribution in [0.4, 0.5) is 0 Å². The first kappa shape index (κ1) is 20.8. The summed E-state index contributed by atoms with van der Waals surface area (Å²) in [4.78, 5) is 26.7. The Bertz CT molecular complexity index is 731. The van der Waals surface area contributed by atoms with Crippen LogP contribution in [0, 0.1) is 12.3 Å². The van der Waals surface area contributed by atoms with Crippen molar-refractivity contribution in [1.29, 1.82) is 0 Å². The van der Waals surface area contributed by atoms with Crippen LogP contribution in [-0.4, -0.2) is 56.3 Å². The van der Waals surface area contributed by atoms with Crippen molar-refractivity contribution in [2.75, 3.05) is 6.54 Å². The number of aryl methyl sites for hydroxylation is 3. The van der Waals surface area contributed by atoms with Gasteiger partial charge >= 0.3 is 0 Å². The zero-order valence-corrected chi connectivity index (χ0v) is 17.6. The number of amides is 2. The van der Waals surface area contributed by atoms with Gasteiger partial charge in [-0.25, -0.2) is 0 Å². The first-order valence-electron chi connectivity index (χ1n) is 10.4. The summed E-state index contributed by atoms with van der Waals surface area (Å²) in [6.45, 7) is 6.11. The summed E-state index contributed by atoms with van der Waals surface area (Å²) in [6, 6.07) is 0.00627. The normalized spacial score (nSPS) is 30.0. The Morgan fingerprint density at radius 2 is 2.07 bits per heavy atom. The molecule has 7 heteroatoms. The van der Waals surface area contributed by atoms with Gasteiger partial charge in [0.05, 0.1) is 17.8 Å². The Kier molecular flexibility index (Phi) is 6.12. The third-order valence-corrected chi connectivity index (χ3v) is 6.77. The second-order valence-electron chi connectivity index (χ2n) is 8.82. The summed E-state index contributed by atoms with van der Waals surface area (Å²) in [6.07, 6.45) is 7.12. The molecule has 2 heterocycles. The number of carbonyl (C=O) groups excluding carboxylic acids is 2. The molecule has 156 valence electrons. The van der Waals surface area contributed by atoms with Crippen LogP contribution < -0.4 is 5.32 Å². The van der Waals surface area contributed by atoms with Gasteiger partial charge in [0.1, 0.15) is 0 Å². The molecule has 1 aromatic heterocycles. The van der Waals surface area contributed by atoms with E-state index in [4.69, 9.17) is 0 Å². The summed E-state index contributed by atoms with van der Waals surface area (Å²) < 4.78 is 1.77. The van der Waals surface area contributed by atoms with E-state index in [-0.39, 0.29) is 29.3 Å². The summed E-state index contributed by atoms with van der Waals surface area (Å²) in [5, 5.41) is 18.0. The Balaban J connectivity index is 1.60. The van der Waals surface area contributed by atoms with E-state index in [1.807, 2.05) is 25.1 Å². The Labute approximate surface area is 167 Å². The van der Waals surface area contributed by atoms with Gasteiger partial charge < -0.3 is 15.3 Å². The fourth-order valence-electron chi connectivity index (χ4n) is 5.26. The molecular weight excluding hydrogens is 356 g/mol. The van der Waals surface area contributed by atoms with Crippen molar-refractivity contribution >= 4 is 11.8 Å². The van der Waals surface area contributed by atoms with Crippen LogP contribution in [0.1, 0.15) is 63.6 Å². The van der Waals surface area contributed by atoms with E-state index in [0.29, 0.717) is 19.4 Å². The second-order valence-corrected chi connectivity index (χ2v) is 8.82. The SMILES string of the molecule is CC(=O)N1[C@@H](CNC(=O)CCc2cn(C)nc2C)C[C@@]2(C)[C@@H](O)CCCC[C@@H]12. The number of fused-ring (bicyclic) bond motifs is 1. The predicted octanol–water partition coefficient (Wildman–Crippen LogP) is 1.71. The minimum atomic E-state index is -0.392. The van der Waals surface area contributed by atoms with Gasteiger partial charge in [-0.05, 0) is 38.2 Å². The van der Waals surface area contributed by atoms with Gasteiger partial charge in [0.2, 0.25) is 11.8 Å². The van der Waals surface area contributed by atoms with Gasteiger partial charge in [0.25, 0.3) is 0 Å². The lowest BCUT2D eigenvalue weighted by molar-refractivity contribution is -0.134. The number of rotatable bonds is 5. The van der Waals surface area contributed by atoms with Crippen LogP contribution in [0.2, 0.25) is 0 Å². The Hall–Kier alpha value is -1.89. The van der Waals surface area contributed by atoms with Crippen LogP contribution in [0.25, 0.3) is 0 Å². The number of aliphatic hydroxyl groups is 1. The quantitative estimate of drug-likeness (QED) is 0.801. The molecule has 0 bridgehead atoms. The molecule has 1 aromatic rings. The lowest BCUT2D eigenvalue weighted by atomic mass is 9.75. The summed E-state index contributed by atoms with van der Waals surface area (Å²) in [5.41, 5.74) is 1.75. The number of aliphatic hydroxyl groups excluding tert-OH is 1. The maximum atomic E-state index is 12.4. The highest BCUT2D eigenvalue weighted by Crippen LogP contribution is 2.48. The van der Waals surface area contributed by atoms with E-state index < -0.39 is 6.10 Å².